The number of carboxylic acid groups (broad SMARTS) is 1. The second kappa shape index (κ2) is 7.13. The summed E-state index contributed by atoms with van der Waals surface area (Å²) in [5.74, 6) is -0.184. The van der Waals surface area contributed by atoms with Crippen LogP contribution in [0.15, 0.2) is 18.2 Å². The van der Waals surface area contributed by atoms with Gasteiger partial charge in [-0.05, 0) is 56.2 Å². The maximum atomic E-state index is 13.7. The van der Waals surface area contributed by atoms with Gasteiger partial charge in [0.1, 0.15) is 17.0 Å². The van der Waals surface area contributed by atoms with Crippen molar-refractivity contribution in [3.05, 3.63) is 29.6 Å². The van der Waals surface area contributed by atoms with Crippen molar-refractivity contribution in [1.82, 2.24) is 4.90 Å². The summed E-state index contributed by atoms with van der Waals surface area (Å²) in [4.78, 5) is 25.6. The van der Waals surface area contributed by atoms with Crippen molar-refractivity contribution in [2.24, 2.45) is 11.3 Å². The molecule has 1 N–H and O–H groups in total. The minimum atomic E-state index is -1.16. The molecule has 1 aromatic rings. The maximum absolute atomic E-state index is 13.7. The molecule has 5 nitrogen and oxygen atoms in total. The largest absolute Gasteiger partial charge is 0.493 e. The first-order valence-corrected chi connectivity index (χ1v) is 9.94. The van der Waals surface area contributed by atoms with Crippen LogP contribution in [0.3, 0.4) is 0 Å². The van der Waals surface area contributed by atoms with Crippen LogP contribution < -0.4 is 4.74 Å². The average molecular weight is 375 g/mol. The molecule has 2 aliphatic carbocycles. The lowest BCUT2D eigenvalue weighted by Gasteiger charge is -2.21. The number of nitrogens with zero attached hydrogens (tertiary/aromatic N) is 1. The number of hydrogen-bond donors (Lipinski definition) is 1. The van der Waals surface area contributed by atoms with Gasteiger partial charge in [0.05, 0.1) is 6.61 Å². The van der Waals surface area contributed by atoms with Crippen molar-refractivity contribution >= 4 is 11.9 Å². The molecule has 0 bridgehead atoms. The molecular weight excluding hydrogens is 349 g/mol. The van der Waals surface area contributed by atoms with Crippen LogP contribution in [0.4, 0.5) is 4.39 Å². The van der Waals surface area contributed by atoms with Gasteiger partial charge in [0, 0.05) is 24.6 Å². The molecule has 4 rings (SSSR count). The summed E-state index contributed by atoms with van der Waals surface area (Å²) in [5, 5.41) is 9.31. The number of amides is 1. The number of ether oxygens (including phenoxy) is 1. The summed E-state index contributed by atoms with van der Waals surface area (Å²) < 4.78 is 19.8. The van der Waals surface area contributed by atoms with Crippen molar-refractivity contribution in [2.75, 3.05) is 19.7 Å². The monoisotopic (exact) mass is 375 g/mol. The predicted octanol–water partition coefficient (Wildman–Crippen LogP) is 3.58. The molecule has 0 spiro atoms. The standard InChI is InChI=1S/C21H26FNO4/c22-16-5-6-18(17(11-16)15-3-1-2-4-15)27-13-14-7-10-23(12-14)19(24)21(8-9-21)20(25)26/h5-6,11,14-15H,1-4,7-10,12-13H2,(H,25,26). The molecule has 0 aromatic heterocycles. The lowest BCUT2D eigenvalue weighted by molar-refractivity contribution is -0.153. The molecule has 0 radical (unpaired) electrons. The van der Waals surface area contributed by atoms with E-state index in [1.807, 2.05) is 0 Å². The third kappa shape index (κ3) is 3.54. The number of likely N-dealkylation sites (tertiary alicyclic amines) is 1. The Morgan fingerprint density at radius 3 is 2.63 bits per heavy atom. The first kappa shape index (κ1) is 18.3. The molecule has 1 aliphatic heterocycles. The second-order valence-corrected chi connectivity index (χ2v) is 8.27. The van der Waals surface area contributed by atoms with Crippen molar-refractivity contribution in [1.29, 1.82) is 0 Å². The summed E-state index contributed by atoms with van der Waals surface area (Å²) in [6.45, 7) is 1.59. The lowest BCUT2D eigenvalue weighted by atomic mass is 9.96. The van der Waals surface area contributed by atoms with Crippen LogP contribution in [-0.4, -0.2) is 41.6 Å². The van der Waals surface area contributed by atoms with Gasteiger partial charge in [-0.2, -0.15) is 0 Å². The van der Waals surface area contributed by atoms with E-state index in [9.17, 15) is 19.1 Å². The molecule has 1 saturated heterocycles. The molecule has 1 heterocycles. The van der Waals surface area contributed by atoms with Gasteiger partial charge in [0.15, 0.2) is 0 Å². The van der Waals surface area contributed by atoms with E-state index in [1.165, 1.54) is 18.9 Å². The van der Waals surface area contributed by atoms with E-state index in [0.29, 0.717) is 38.5 Å². The van der Waals surface area contributed by atoms with Crippen molar-refractivity contribution < 1.29 is 23.8 Å². The zero-order valence-corrected chi connectivity index (χ0v) is 15.5. The van der Waals surface area contributed by atoms with E-state index in [1.54, 1.807) is 17.0 Å². The number of carbonyl (C=O) groups is 2. The van der Waals surface area contributed by atoms with E-state index < -0.39 is 11.4 Å². The third-order valence-electron chi connectivity index (χ3n) is 6.38. The molecule has 3 aliphatic rings. The minimum Gasteiger partial charge on any atom is -0.493 e. The number of aliphatic carboxylic acids is 1. The summed E-state index contributed by atoms with van der Waals surface area (Å²) in [5.41, 5.74) is -0.205. The van der Waals surface area contributed by atoms with Crippen LogP contribution in [0.1, 0.15) is 56.4 Å². The van der Waals surface area contributed by atoms with Crippen molar-refractivity contribution in [3.63, 3.8) is 0 Å². The molecule has 6 heteroatoms. The SMILES string of the molecule is O=C(O)C1(C(=O)N2CCC(COc3ccc(F)cc3C3CCCC3)C2)CC1. The highest BCUT2D eigenvalue weighted by Gasteiger charge is 2.59. The van der Waals surface area contributed by atoms with E-state index >= 15 is 0 Å². The van der Waals surface area contributed by atoms with Gasteiger partial charge in [0.25, 0.3) is 0 Å². The molecule has 3 fully saturated rings. The van der Waals surface area contributed by atoms with Gasteiger partial charge < -0.3 is 14.7 Å². The minimum absolute atomic E-state index is 0.181. The fourth-order valence-electron chi connectivity index (χ4n) is 4.51. The Hall–Kier alpha value is -2.11. The topological polar surface area (TPSA) is 66.8 Å². The zero-order chi connectivity index (χ0) is 19.0. The maximum Gasteiger partial charge on any atom is 0.319 e. The summed E-state index contributed by atoms with van der Waals surface area (Å²) in [6.07, 6.45) is 6.18. The number of carbonyl (C=O) groups excluding carboxylic acids is 1. The molecular formula is C21H26FNO4. The number of hydrogen-bond acceptors (Lipinski definition) is 3. The van der Waals surface area contributed by atoms with Crippen molar-refractivity contribution in [2.45, 2.75) is 50.9 Å². The Morgan fingerprint density at radius 1 is 1.22 bits per heavy atom. The molecule has 146 valence electrons. The van der Waals surface area contributed by atoms with Gasteiger partial charge in [-0.15, -0.1) is 0 Å². The molecule has 1 atom stereocenters. The molecule has 27 heavy (non-hydrogen) atoms. The van der Waals surface area contributed by atoms with Gasteiger partial charge in [-0.1, -0.05) is 12.8 Å². The van der Waals surface area contributed by atoms with Gasteiger partial charge >= 0.3 is 5.97 Å². The molecule has 1 amide bonds. The van der Waals surface area contributed by atoms with Crippen molar-refractivity contribution in [3.8, 4) is 5.75 Å². The molecule has 1 unspecified atom stereocenters. The average Bonchev–Trinajstić information content (AvgIpc) is 3.06. The first-order chi connectivity index (χ1) is 13.0. The zero-order valence-electron chi connectivity index (χ0n) is 15.5. The number of benzene rings is 1. The smallest absolute Gasteiger partial charge is 0.319 e. The van der Waals surface area contributed by atoms with Crippen LogP contribution in [0.5, 0.6) is 5.75 Å². The highest BCUT2D eigenvalue weighted by atomic mass is 19.1. The Morgan fingerprint density at radius 2 is 1.96 bits per heavy atom. The van der Waals surface area contributed by atoms with Gasteiger partial charge in [0.2, 0.25) is 5.91 Å². The third-order valence-corrected chi connectivity index (χ3v) is 6.38. The highest BCUT2D eigenvalue weighted by molar-refractivity contribution is 6.04. The number of rotatable bonds is 6. The first-order valence-electron chi connectivity index (χ1n) is 9.94. The van der Waals surface area contributed by atoms with Gasteiger partial charge in [-0.25, -0.2) is 4.39 Å². The number of halogens is 1. The summed E-state index contributed by atoms with van der Waals surface area (Å²) >= 11 is 0. The Balaban J connectivity index is 1.36. The van der Waals surface area contributed by atoms with E-state index in [2.05, 4.69) is 0 Å². The van der Waals surface area contributed by atoms with E-state index in [4.69, 9.17) is 4.74 Å². The Labute approximate surface area is 158 Å². The summed E-state index contributed by atoms with van der Waals surface area (Å²) in [7, 11) is 0. The normalized spacial score (nSPS) is 24.2. The van der Waals surface area contributed by atoms with Crippen LogP contribution in [-0.2, 0) is 9.59 Å². The van der Waals surface area contributed by atoms with Crippen LogP contribution in [0, 0.1) is 17.2 Å². The second-order valence-electron chi connectivity index (χ2n) is 8.27. The highest BCUT2D eigenvalue weighted by Crippen LogP contribution is 2.48. The Bertz CT molecular complexity index is 740. The van der Waals surface area contributed by atoms with E-state index in [0.717, 1.165) is 30.6 Å². The van der Waals surface area contributed by atoms with E-state index in [-0.39, 0.29) is 17.6 Å². The fourth-order valence-corrected chi connectivity index (χ4v) is 4.51. The predicted molar refractivity (Wildman–Crippen MR) is 97.1 cm³/mol. The van der Waals surface area contributed by atoms with Crippen LogP contribution in [0.25, 0.3) is 0 Å². The number of carboxylic acids is 1. The fraction of sp³-hybridized carbons (Fsp3) is 0.619. The lowest BCUT2D eigenvalue weighted by Crippen LogP contribution is -2.39. The summed E-state index contributed by atoms with van der Waals surface area (Å²) in [6, 6.07) is 4.74. The Kier molecular flexibility index (Phi) is 4.82. The quantitative estimate of drug-likeness (QED) is 0.772. The van der Waals surface area contributed by atoms with Crippen LogP contribution >= 0.6 is 0 Å². The van der Waals surface area contributed by atoms with Crippen LogP contribution in [0.2, 0.25) is 0 Å². The van der Waals surface area contributed by atoms with Gasteiger partial charge in [-0.3, -0.25) is 9.59 Å². The molecule has 1 aromatic carbocycles. The molecule has 2 saturated carbocycles.